The molecule has 1 aliphatic carbocycles. The Hall–Kier alpha value is -0.860. The summed E-state index contributed by atoms with van der Waals surface area (Å²) in [6.07, 6.45) is 7.05. The summed E-state index contributed by atoms with van der Waals surface area (Å²) >= 11 is 0. The van der Waals surface area contributed by atoms with Crippen LogP contribution in [0.2, 0.25) is 0 Å². The van der Waals surface area contributed by atoms with Gasteiger partial charge < -0.3 is 5.11 Å². The monoisotopic (exact) mass is 273 g/mol. The molecule has 0 bridgehead atoms. The summed E-state index contributed by atoms with van der Waals surface area (Å²) in [6.45, 7) is 5.25. The molecule has 1 aromatic carbocycles. The van der Waals surface area contributed by atoms with Gasteiger partial charge in [-0.3, -0.25) is 4.90 Å². The molecular weight excluding hydrogens is 246 g/mol. The maximum absolute atomic E-state index is 10.9. The lowest BCUT2D eigenvalue weighted by atomic mass is 9.78. The molecule has 0 unspecified atom stereocenters. The summed E-state index contributed by atoms with van der Waals surface area (Å²) in [5, 5.41) is 10.9. The van der Waals surface area contributed by atoms with Gasteiger partial charge in [-0.05, 0) is 44.1 Å². The molecule has 1 heterocycles. The van der Waals surface area contributed by atoms with Crippen molar-refractivity contribution in [3.8, 4) is 0 Å². The Labute approximate surface area is 122 Å². The van der Waals surface area contributed by atoms with Gasteiger partial charge in [0.15, 0.2) is 0 Å². The van der Waals surface area contributed by atoms with E-state index in [-0.39, 0.29) is 5.60 Å². The van der Waals surface area contributed by atoms with Crippen LogP contribution in [0.25, 0.3) is 0 Å². The maximum atomic E-state index is 10.9. The van der Waals surface area contributed by atoms with Crippen molar-refractivity contribution in [2.45, 2.75) is 57.6 Å². The average Bonchev–Trinajstić information content (AvgIpc) is 2.99. The van der Waals surface area contributed by atoms with E-state index in [4.69, 9.17) is 0 Å². The highest BCUT2D eigenvalue weighted by Crippen LogP contribution is 2.40. The summed E-state index contributed by atoms with van der Waals surface area (Å²) in [6, 6.07) is 8.84. The summed E-state index contributed by atoms with van der Waals surface area (Å²) < 4.78 is 0. The van der Waals surface area contributed by atoms with Gasteiger partial charge in [0.1, 0.15) is 0 Å². The maximum Gasteiger partial charge on any atom is 0.0700 e. The molecule has 0 amide bonds. The second-order valence-corrected chi connectivity index (χ2v) is 6.85. The van der Waals surface area contributed by atoms with E-state index in [1.807, 2.05) is 0 Å². The lowest BCUT2D eigenvalue weighted by Crippen LogP contribution is -2.47. The van der Waals surface area contributed by atoms with Crippen LogP contribution in [0.15, 0.2) is 24.3 Å². The third-order valence-corrected chi connectivity index (χ3v) is 5.36. The first-order valence-corrected chi connectivity index (χ1v) is 8.16. The lowest BCUT2D eigenvalue weighted by Gasteiger charge is -2.42. The van der Waals surface area contributed by atoms with Crippen molar-refractivity contribution in [2.75, 3.05) is 13.1 Å². The van der Waals surface area contributed by atoms with Crippen molar-refractivity contribution in [1.29, 1.82) is 0 Å². The molecule has 2 heteroatoms. The van der Waals surface area contributed by atoms with Gasteiger partial charge in [-0.25, -0.2) is 0 Å². The van der Waals surface area contributed by atoms with Crippen LogP contribution in [0.5, 0.6) is 0 Å². The van der Waals surface area contributed by atoms with Gasteiger partial charge in [0.2, 0.25) is 0 Å². The Morgan fingerprint density at radius 2 is 1.70 bits per heavy atom. The minimum absolute atomic E-state index is 0.361. The zero-order chi connectivity index (χ0) is 14.0. The van der Waals surface area contributed by atoms with Gasteiger partial charge in [-0.1, -0.05) is 42.7 Å². The van der Waals surface area contributed by atoms with Gasteiger partial charge in [-0.2, -0.15) is 0 Å². The molecule has 1 saturated carbocycles. The Balaban J connectivity index is 1.54. The molecule has 20 heavy (non-hydrogen) atoms. The summed E-state index contributed by atoms with van der Waals surface area (Å²) in [5.74, 6) is 0.573. The normalized spacial score (nSPS) is 24.1. The van der Waals surface area contributed by atoms with Crippen LogP contribution < -0.4 is 0 Å². The molecule has 0 atom stereocenters. The number of hydrogen-bond acceptors (Lipinski definition) is 2. The van der Waals surface area contributed by atoms with Crippen LogP contribution in [0, 0.1) is 12.8 Å². The Morgan fingerprint density at radius 3 is 2.30 bits per heavy atom. The van der Waals surface area contributed by atoms with E-state index in [0.29, 0.717) is 5.92 Å². The number of aryl methyl sites for hydroxylation is 1. The van der Waals surface area contributed by atoms with Crippen molar-refractivity contribution in [2.24, 2.45) is 5.92 Å². The van der Waals surface area contributed by atoms with E-state index < -0.39 is 0 Å². The second-order valence-electron chi connectivity index (χ2n) is 6.85. The lowest BCUT2D eigenvalue weighted by molar-refractivity contribution is -0.0665. The van der Waals surface area contributed by atoms with Crippen LogP contribution in [0.3, 0.4) is 0 Å². The van der Waals surface area contributed by atoms with Crippen molar-refractivity contribution < 1.29 is 5.11 Å². The van der Waals surface area contributed by atoms with Crippen molar-refractivity contribution in [3.63, 3.8) is 0 Å². The number of benzene rings is 1. The third kappa shape index (κ3) is 3.07. The zero-order valence-electron chi connectivity index (χ0n) is 12.6. The quantitative estimate of drug-likeness (QED) is 0.911. The molecule has 2 fully saturated rings. The molecule has 2 nitrogen and oxygen atoms in total. The van der Waals surface area contributed by atoms with E-state index >= 15 is 0 Å². The van der Waals surface area contributed by atoms with Crippen LogP contribution >= 0.6 is 0 Å². The summed E-state index contributed by atoms with van der Waals surface area (Å²) in [5.41, 5.74) is 2.35. The average molecular weight is 273 g/mol. The van der Waals surface area contributed by atoms with Crippen LogP contribution in [0.4, 0.5) is 0 Å². The van der Waals surface area contributed by atoms with E-state index in [9.17, 15) is 5.11 Å². The number of hydrogen-bond donors (Lipinski definition) is 1. The fourth-order valence-electron chi connectivity index (χ4n) is 3.92. The Bertz CT molecular complexity index is 425. The SMILES string of the molecule is Cc1ccc(CN2CCC(O)(C3CCCC3)CC2)cc1. The Morgan fingerprint density at radius 1 is 1.10 bits per heavy atom. The molecule has 0 radical (unpaired) electrons. The number of likely N-dealkylation sites (tertiary alicyclic amines) is 1. The summed E-state index contributed by atoms with van der Waals surface area (Å²) in [7, 11) is 0. The van der Waals surface area contributed by atoms with Gasteiger partial charge in [0.25, 0.3) is 0 Å². The number of nitrogens with zero attached hydrogens (tertiary/aromatic N) is 1. The first-order chi connectivity index (χ1) is 9.66. The highest BCUT2D eigenvalue weighted by molar-refractivity contribution is 5.21. The van der Waals surface area contributed by atoms with E-state index in [2.05, 4.69) is 36.1 Å². The van der Waals surface area contributed by atoms with E-state index in [1.165, 1.54) is 36.8 Å². The molecule has 3 rings (SSSR count). The molecule has 1 saturated heterocycles. The molecular formula is C18H27NO. The molecule has 1 aliphatic heterocycles. The minimum Gasteiger partial charge on any atom is -0.390 e. The number of rotatable bonds is 3. The highest BCUT2D eigenvalue weighted by atomic mass is 16.3. The largest absolute Gasteiger partial charge is 0.390 e. The first kappa shape index (κ1) is 14.1. The predicted molar refractivity (Wildman–Crippen MR) is 82.6 cm³/mol. The van der Waals surface area contributed by atoms with Crippen molar-refractivity contribution in [1.82, 2.24) is 4.90 Å². The van der Waals surface area contributed by atoms with Gasteiger partial charge in [0.05, 0.1) is 5.60 Å². The molecule has 0 spiro atoms. The molecule has 2 aliphatic rings. The smallest absolute Gasteiger partial charge is 0.0700 e. The first-order valence-electron chi connectivity index (χ1n) is 8.16. The molecule has 1 aromatic rings. The van der Waals surface area contributed by atoms with Gasteiger partial charge in [0, 0.05) is 19.6 Å². The molecule has 1 N–H and O–H groups in total. The summed E-state index contributed by atoms with van der Waals surface area (Å²) in [4.78, 5) is 2.49. The number of piperidine rings is 1. The highest BCUT2D eigenvalue weighted by Gasteiger charge is 2.40. The molecule has 0 aromatic heterocycles. The second kappa shape index (κ2) is 5.87. The van der Waals surface area contributed by atoms with Gasteiger partial charge >= 0.3 is 0 Å². The van der Waals surface area contributed by atoms with Crippen molar-refractivity contribution in [3.05, 3.63) is 35.4 Å². The van der Waals surface area contributed by atoms with Gasteiger partial charge in [-0.15, -0.1) is 0 Å². The van der Waals surface area contributed by atoms with Crippen LogP contribution in [-0.2, 0) is 6.54 Å². The number of aliphatic hydroxyl groups is 1. The van der Waals surface area contributed by atoms with E-state index in [1.54, 1.807) is 0 Å². The van der Waals surface area contributed by atoms with Crippen molar-refractivity contribution >= 4 is 0 Å². The fourth-order valence-corrected chi connectivity index (χ4v) is 3.92. The fraction of sp³-hybridized carbons (Fsp3) is 0.667. The topological polar surface area (TPSA) is 23.5 Å². The predicted octanol–water partition coefficient (Wildman–Crippen LogP) is 3.51. The third-order valence-electron chi connectivity index (χ3n) is 5.36. The standard InChI is InChI=1S/C18H27NO/c1-15-6-8-16(9-7-15)14-19-12-10-18(20,11-13-19)17-4-2-3-5-17/h6-9,17,20H,2-5,10-14H2,1H3. The van der Waals surface area contributed by atoms with Crippen LogP contribution in [0.1, 0.15) is 49.7 Å². The Kier molecular flexibility index (Phi) is 4.13. The molecule has 110 valence electrons. The van der Waals surface area contributed by atoms with E-state index in [0.717, 1.165) is 32.5 Å². The van der Waals surface area contributed by atoms with Crippen LogP contribution in [-0.4, -0.2) is 28.7 Å². The minimum atomic E-state index is -0.361. The zero-order valence-corrected chi connectivity index (χ0v) is 12.6.